The van der Waals surface area contributed by atoms with Crippen LogP contribution < -0.4 is 10.2 Å². The van der Waals surface area contributed by atoms with Gasteiger partial charge in [0, 0.05) is 44.6 Å². The maximum atomic E-state index is 12.7. The largest absolute Gasteiger partial charge is 0.359 e. The third-order valence-electron chi connectivity index (χ3n) is 5.06. The van der Waals surface area contributed by atoms with E-state index < -0.39 is 0 Å². The van der Waals surface area contributed by atoms with E-state index in [9.17, 15) is 4.79 Å². The van der Waals surface area contributed by atoms with E-state index in [-0.39, 0.29) is 5.91 Å². The molecular formula is C23H31N5O. The number of aromatic nitrogens is 3. The average Bonchev–Trinajstić information content (AvgIpc) is 3.10. The Bertz CT molecular complexity index is 949. The van der Waals surface area contributed by atoms with Crippen molar-refractivity contribution in [1.29, 1.82) is 0 Å². The molecule has 1 amide bonds. The van der Waals surface area contributed by atoms with Crippen LogP contribution in [0.3, 0.4) is 0 Å². The number of rotatable bonds is 9. The van der Waals surface area contributed by atoms with Crippen LogP contribution in [-0.2, 0) is 12.8 Å². The molecule has 0 radical (unpaired) electrons. The van der Waals surface area contributed by atoms with Crippen molar-refractivity contribution in [3.63, 3.8) is 0 Å². The van der Waals surface area contributed by atoms with Gasteiger partial charge in [-0.15, -0.1) is 0 Å². The molecule has 0 fully saturated rings. The van der Waals surface area contributed by atoms with Crippen LogP contribution in [0, 0.1) is 5.92 Å². The lowest BCUT2D eigenvalue weighted by Gasteiger charge is -2.21. The number of amides is 1. The first-order chi connectivity index (χ1) is 14.0. The monoisotopic (exact) mass is 393 g/mol. The lowest BCUT2D eigenvalue weighted by Crippen LogP contribution is -2.26. The van der Waals surface area contributed by atoms with E-state index in [0.29, 0.717) is 24.4 Å². The lowest BCUT2D eigenvalue weighted by molar-refractivity contribution is 0.0953. The number of carbonyl (C=O) groups excluding carboxylic acids is 1. The molecule has 3 aromatic heterocycles. The second-order valence-corrected chi connectivity index (χ2v) is 7.81. The van der Waals surface area contributed by atoms with Gasteiger partial charge >= 0.3 is 0 Å². The smallest absolute Gasteiger partial charge is 0.252 e. The van der Waals surface area contributed by atoms with Crippen LogP contribution in [-0.4, -0.2) is 40.4 Å². The molecule has 0 bridgehead atoms. The Hall–Kier alpha value is -2.89. The van der Waals surface area contributed by atoms with Gasteiger partial charge in [0.1, 0.15) is 11.5 Å². The van der Waals surface area contributed by atoms with Crippen LogP contribution in [0.15, 0.2) is 42.7 Å². The van der Waals surface area contributed by atoms with Gasteiger partial charge in [0.15, 0.2) is 0 Å². The number of aryl methyl sites for hydroxylation is 1. The highest BCUT2D eigenvalue weighted by molar-refractivity contribution is 5.94. The molecular weight excluding hydrogens is 362 g/mol. The van der Waals surface area contributed by atoms with Gasteiger partial charge < -0.3 is 10.2 Å². The van der Waals surface area contributed by atoms with Crippen molar-refractivity contribution in [2.45, 2.75) is 40.0 Å². The predicted octanol–water partition coefficient (Wildman–Crippen LogP) is 3.75. The molecule has 0 saturated carbocycles. The summed E-state index contributed by atoms with van der Waals surface area (Å²) >= 11 is 0. The van der Waals surface area contributed by atoms with Crippen molar-refractivity contribution in [1.82, 2.24) is 19.7 Å². The first-order valence-corrected chi connectivity index (χ1v) is 10.4. The minimum atomic E-state index is -0.0784. The Balaban J connectivity index is 1.77. The van der Waals surface area contributed by atoms with E-state index in [1.54, 1.807) is 6.20 Å². The third kappa shape index (κ3) is 5.13. The van der Waals surface area contributed by atoms with Gasteiger partial charge in [-0.25, -0.2) is 4.98 Å². The Morgan fingerprint density at radius 2 is 2.07 bits per heavy atom. The number of hydrogen-bond acceptors (Lipinski definition) is 4. The van der Waals surface area contributed by atoms with Gasteiger partial charge in [-0.2, -0.15) is 0 Å². The summed E-state index contributed by atoms with van der Waals surface area (Å²) in [7, 11) is 2.10. The van der Waals surface area contributed by atoms with Gasteiger partial charge in [0.2, 0.25) is 0 Å². The van der Waals surface area contributed by atoms with Crippen molar-refractivity contribution in [2.75, 3.05) is 25.0 Å². The number of anilines is 1. The molecule has 6 nitrogen and oxygen atoms in total. The molecule has 0 aliphatic carbocycles. The molecule has 154 valence electrons. The zero-order chi connectivity index (χ0) is 20.8. The Morgan fingerprint density at radius 3 is 2.76 bits per heavy atom. The van der Waals surface area contributed by atoms with E-state index in [4.69, 9.17) is 4.98 Å². The van der Waals surface area contributed by atoms with Crippen LogP contribution in [0.25, 0.3) is 5.65 Å². The van der Waals surface area contributed by atoms with Crippen LogP contribution in [0.1, 0.15) is 48.9 Å². The van der Waals surface area contributed by atoms with Crippen molar-refractivity contribution < 1.29 is 4.79 Å². The lowest BCUT2D eigenvalue weighted by atomic mass is 10.1. The number of nitrogens with one attached hydrogen (secondary N) is 1. The molecule has 0 spiro atoms. The highest BCUT2D eigenvalue weighted by Gasteiger charge is 2.17. The molecule has 3 aromatic rings. The summed E-state index contributed by atoms with van der Waals surface area (Å²) in [6.45, 7) is 8.10. The number of hydrogen-bond donors (Lipinski definition) is 1. The first kappa shape index (κ1) is 20.8. The second kappa shape index (κ2) is 9.54. The zero-order valence-electron chi connectivity index (χ0n) is 17.9. The molecule has 0 unspecified atom stereocenters. The van der Waals surface area contributed by atoms with Crippen LogP contribution in [0.4, 0.5) is 5.82 Å². The molecule has 1 N–H and O–H groups in total. The van der Waals surface area contributed by atoms with E-state index in [2.05, 4.69) is 43.0 Å². The van der Waals surface area contributed by atoms with Gasteiger partial charge in [-0.3, -0.25) is 14.2 Å². The van der Waals surface area contributed by atoms with Crippen molar-refractivity contribution in [2.24, 2.45) is 5.92 Å². The maximum absolute atomic E-state index is 12.7. The highest BCUT2D eigenvalue weighted by atomic mass is 16.1. The molecule has 29 heavy (non-hydrogen) atoms. The fourth-order valence-electron chi connectivity index (χ4n) is 3.37. The van der Waals surface area contributed by atoms with E-state index in [0.717, 1.165) is 42.2 Å². The summed E-state index contributed by atoms with van der Waals surface area (Å²) < 4.78 is 2.05. The van der Waals surface area contributed by atoms with Crippen molar-refractivity contribution in [3.8, 4) is 0 Å². The Kier molecular flexibility index (Phi) is 6.86. The van der Waals surface area contributed by atoms with Crippen molar-refractivity contribution in [3.05, 3.63) is 59.7 Å². The summed E-state index contributed by atoms with van der Waals surface area (Å²) in [6.07, 6.45) is 6.35. The molecule has 6 heteroatoms. The van der Waals surface area contributed by atoms with Gasteiger partial charge in [-0.1, -0.05) is 26.8 Å². The quantitative estimate of drug-likeness (QED) is 0.601. The number of nitrogens with zero attached hydrogens (tertiary/aromatic N) is 4. The third-order valence-corrected chi connectivity index (χ3v) is 5.06. The first-order valence-electron chi connectivity index (χ1n) is 10.4. The minimum absolute atomic E-state index is 0.0784. The van der Waals surface area contributed by atoms with Crippen LogP contribution in [0.2, 0.25) is 0 Å². The molecule has 0 aliphatic heterocycles. The van der Waals surface area contributed by atoms with Gasteiger partial charge in [0.05, 0.1) is 11.3 Å². The normalized spacial score (nSPS) is 11.2. The highest BCUT2D eigenvalue weighted by Crippen LogP contribution is 2.23. The Labute approximate surface area is 173 Å². The average molecular weight is 394 g/mol. The number of fused-ring (bicyclic) bond motifs is 1. The molecule has 0 atom stereocenters. The zero-order valence-corrected chi connectivity index (χ0v) is 17.9. The second-order valence-electron chi connectivity index (χ2n) is 7.81. The fourth-order valence-corrected chi connectivity index (χ4v) is 3.37. The summed E-state index contributed by atoms with van der Waals surface area (Å²) in [6, 6.07) is 9.58. The topological polar surface area (TPSA) is 62.5 Å². The van der Waals surface area contributed by atoms with Gasteiger partial charge in [0.25, 0.3) is 5.91 Å². The summed E-state index contributed by atoms with van der Waals surface area (Å²) in [5.41, 5.74) is 3.54. The summed E-state index contributed by atoms with van der Waals surface area (Å²) in [5.74, 6) is 1.64. The Morgan fingerprint density at radius 1 is 1.24 bits per heavy atom. The summed E-state index contributed by atoms with van der Waals surface area (Å²) in [4.78, 5) is 24.0. The number of carbonyl (C=O) groups is 1. The molecule has 0 saturated heterocycles. The number of pyridine rings is 2. The van der Waals surface area contributed by atoms with E-state index in [1.807, 2.05) is 40.9 Å². The minimum Gasteiger partial charge on any atom is -0.359 e. The fraction of sp³-hybridized carbons (Fsp3) is 0.435. The van der Waals surface area contributed by atoms with Crippen molar-refractivity contribution >= 4 is 17.4 Å². The SMILES string of the molecule is CCc1nc2ccc(C(=O)NCCc3ccccn3)cn2c1N(C)CCC(C)C. The molecule has 3 rings (SSSR count). The summed E-state index contributed by atoms with van der Waals surface area (Å²) in [5, 5.41) is 3.00. The molecule has 3 heterocycles. The standard InChI is InChI=1S/C23H31N5O/c1-5-20-23(27(4)15-12-17(2)3)28-16-18(9-10-21(28)26-20)22(29)25-14-11-19-8-6-7-13-24-19/h6-10,13,16-17H,5,11-12,14-15H2,1-4H3,(H,25,29). The molecule has 0 aliphatic rings. The van der Waals surface area contributed by atoms with Crippen LogP contribution in [0.5, 0.6) is 0 Å². The predicted molar refractivity (Wildman–Crippen MR) is 118 cm³/mol. The van der Waals surface area contributed by atoms with Crippen LogP contribution >= 0.6 is 0 Å². The molecule has 0 aromatic carbocycles. The van der Waals surface area contributed by atoms with Gasteiger partial charge in [-0.05, 0) is 43.0 Å². The van der Waals surface area contributed by atoms with E-state index >= 15 is 0 Å². The van der Waals surface area contributed by atoms with E-state index in [1.165, 1.54) is 0 Å². The maximum Gasteiger partial charge on any atom is 0.252 e. The number of imidazole rings is 1.